The maximum atomic E-state index is 11.4. The van der Waals surface area contributed by atoms with E-state index >= 15 is 0 Å². The number of carboxylic acid groups (broad SMARTS) is 1. The highest BCUT2D eigenvalue weighted by molar-refractivity contribution is 7.91. The highest BCUT2D eigenvalue weighted by atomic mass is 32.2. The Kier molecular flexibility index (Phi) is 5.74. The smallest absolute Gasteiger partial charge is 0.322 e. The molecule has 0 aromatic carbocycles. The third-order valence-corrected chi connectivity index (χ3v) is 4.94. The van der Waals surface area contributed by atoms with Crippen LogP contribution in [0.3, 0.4) is 0 Å². The van der Waals surface area contributed by atoms with Crippen LogP contribution in [0, 0.1) is 0 Å². The molecule has 1 aliphatic heterocycles. The van der Waals surface area contributed by atoms with Crippen molar-refractivity contribution >= 4 is 21.7 Å². The van der Waals surface area contributed by atoms with Gasteiger partial charge in [-0.2, -0.15) is 0 Å². The summed E-state index contributed by atoms with van der Waals surface area (Å²) in [5.74, 6) is -1.05. The summed E-state index contributed by atoms with van der Waals surface area (Å²) < 4.78 is 22.8. The molecule has 1 fully saturated rings. The molecule has 1 heterocycles. The first kappa shape index (κ1) is 15.9. The minimum Gasteiger partial charge on any atom is -0.480 e. The van der Waals surface area contributed by atoms with Crippen molar-refractivity contribution in [3.05, 3.63) is 0 Å². The van der Waals surface area contributed by atoms with E-state index in [1.807, 2.05) is 11.8 Å². The SMILES string of the molecule is CCN(CCC(=O)NCC(=O)O)C1CCS(=O)(=O)C1. The topological polar surface area (TPSA) is 104 Å². The van der Waals surface area contributed by atoms with Gasteiger partial charge in [0.2, 0.25) is 5.91 Å². The number of rotatable bonds is 7. The Morgan fingerprint density at radius 3 is 2.58 bits per heavy atom. The van der Waals surface area contributed by atoms with Gasteiger partial charge in [0.05, 0.1) is 11.5 Å². The fourth-order valence-corrected chi connectivity index (χ4v) is 3.93. The Balaban J connectivity index is 2.37. The lowest BCUT2D eigenvalue weighted by Gasteiger charge is -2.26. The van der Waals surface area contributed by atoms with Gasteiger partial charge in [-0.1, -0.05) is 6.92 Å². The van der Waals surface area contributed by atoms with Gasteiger partial charge in [-0.3, -0.25) is 14.5 Å². The Hall–Kier alpha value is -1.15. The third kappa shape index (κ3) is 5.56. The summed E-state index contributed by atoms with van der Waals surface area (Å²) in [6.45, 7) is 2.65. The Morgan fingerprint density at radius 2 is 2.11 bits per heavy atom. The molecular formula is C11H20N2O5S. The summed E-state index contributed by atoms with van der Waals surface area (Å²) in [5, 5.41) is 10.7. The zero-order valence-corrected chi connectivity index (χ0v) is 11.8. The van der Waals surface area contributed by atoms with Crippen molar-refractivity contribution in [2.45, 2.75) is 25.8 Å². The molecule has 110 valence electrons. The van der Waals surface area contributed by atoms with Crippen molar-refractivity contribution < 1.29 is 23.1 Å². The number of nitrogens with zero attached hydrogens (tertiary/aromatic N) is 1. The second-order valence-electron chi connectivity index (χ2n) is 4.61. The number of hydrogen-bond acceptors (Lipinski definition) is 5. The van der Waals surface area contributed by atoms with Gasteiger partial charge in [0.25, 0.3) is 0 Å². The Labute approximate surface area is 112 Å². The van der Waals surface area contributed by atoms with E-state index in [1.54, 1.807) is 0 Å². The molecule has 0 bridgehead atoms. The number of aliphatic carboxylic acids is 1. The summed E-state index contributed by atoms with van der Waals surface area (Å²) in [4.78, 5) is 23.6. The van der Waals surface area contributed by atoms with E-state index in [2.05, 4.69) is 5.32 Å². The van der Waals surface area contributed by atoms with Crippen LogP contribution in [0.1, 0.15) is 19.8 Å². The minimum atomic E-state index is -2.93. The van der Waals surface area contributed by atoms with Crippen LogP contribution in [0.25, 0.3) is 0 Å². The highest BCUT2D eigenvalue weighted by Gasteiger charge is 2.31. The average Bonchev–Trinajstić information content (AvgIpc) is 2.68. The molecule has 0 saturated carbocycles. The molecule has 8 heteroatoms. The maximum Gasteiger partial charge on any atom is 0.322 e. The number of carbonyl (C=O) groups excluding carboxylic acids is 1. The molecule has 0 radical (unpaired) electrons. The number of carbonyl (C=O) groups is 2. The first-order valence-corrected chi connectivity index (χ1v) is 8.09. The lowest BCUT2D eigenvalue weighted by atomic mass is 10.2. The minimum absolute atomic E-state index is 0.0257. The first-order chi connectivity index (χ1) is 8.84. The van der Waals surface area contributed by atoms with Crippen molar-refractivity contribution in [3.8, 4) is 0 Å². The van der Waals surface area contributed by atoms with Gasteiger partial charge >= 0.3 is 5.97 Å². The Bertz CT molecular complexity index is 434. The van der Waals surface area contributed by atoms with Crippen LogP contribution in [0.15, 0.2) is 0 Å². The summed E-state index contributed by atoms with van der Waals surface area (Å²) in [7, 11) is -2.93. The molecule has 0 aromatic heterocycles. The fraction of sp³-hybridized carbons (Fsp3) is 0.818. The van der Waals surface area contributed by atoms with Crippen LogP contribution in [0.2, 0.25) is 0 Å². The second-order valence-corrected chi connectivity index (χ2v) is 6.83. The van der Waals surface area contributed by atoms with Crippen LogP contribution >= 0.6 is 0 Å². The molecule has 0 aliphatic carbocycles. The molecule has 1 saturated heterocycles. The summed E-state index contributed by atoms with van der Waals surface area (Å²) in [6.07, 6.45) is 0.782. The molecule has 0 spiro atoms. The van der Waals surface area contributed by atoms with Gasteiger partial charge in [0.1, 0.15) is 6.54 Å². The molecule has 2 N–H and O–H groups in total. The van der Waals surface area contributed by atoms with Crippen LogP contribution in [0.5, 0.6) is 0 Å². The average molecular weight is 292 g/mol. The first-order valence-electron chi connectivity index (χ1n) is 6.27. The van der Waals surface area contributed by atoms with E-state index in [4.69, 9.17) is 5.11 Å². The second kappa shape index (κ2) is 6.85. The molecule has 1 rings (SSSR count). The highest BCUT2D eigenvalue weighted by Crippen LogP contribution is 2.17. The lowest BCUT2D eigenvalue weighted by Crippen LogP contribution is -2.39. The van der Waals surface area contributed by atoms with Gasteiger partial charge < -0.3 is 10.4 Å². The summed E-state index contributed by atoms with van der Waals surface area (Å²) in [6, 6.07) is -0.0257. The van der Waals surface area contributed by atoms with E-state index in [-0.39, 0.29) is 36.4 Å². The van der Waals surface area contributed by atoms with Crippen LogP contribution in [-0.4, -0.2) is 67.5 Å². The van der Waals surface area contributed by atoms with E-state index in [0.717, 1.165) is 0 Å². The molecule has 1 amide bonds. The van der Waals surface area contributed by atoms with Crippen molar-refractivity contribution in [1.82, 2.24) is 10.2 Å². The van der Waals surface area contributed by atoms with E-state index in [0.29, 0.717) is 19.5 Å². The van der Waals surface area contributed by atoms with Crippen molar-refractivity contribution in [1.29, 1.82) is 0 Å². The number of hydrogen-bond donors (Lipinski definition) is 2. The predicted octanol–water partition coefficient (Wildman–Crippen LogP) is -0.914. The molecule has 19 heavy (non-hydrogen) atoms. The molecule has 1 aliphatic rings. The molecule has 1 unspecified atom stereocenters. The number of carboxylic acids is 1. The van der Waals surface area contributed by atoms with Gasteiger partial charge in [0, 0.05) is 19.0 Å². The maximum absolute atomic E-state index is 11.4. The van der Waals surface area contributed by atoms with Crippen molar-refractivity contribution in [2.75, 3.05) is 31.1 Å². The quantitative estimate of drug-likeness (QED) is 0.629. The lowest BCUT2D eigenvalue weighted by molar-refractivity contribution is -0.138. The molecular weight excluding hydrogens is 272 g/mol. The molecule has 7 nitrogen and oxygen atoms in total. The van der Waals surface area contributed by atoms with Crippen LogP contribution < -0.4 is 5.32 Å². The number of amides is 1. The fourth-order valence-electron chi connectivity index (χ4n) is 2.17. The normalized spacial score (nSPS) is 21.5. The molecule has 0 aromatic rings. The zero-order valence-electron chi connectivity index (χ0n) is 11.0. The van der Waals surface area contributed by atoms with Crippen molar-refractivity contribution in [2.24, 2.45) is 0 Å². The van der Waals surface area contributed by atoms with Crippen molar-refractivity contribution in [3.63, 3.8) is 0 Å². The van der Waals surface area contributed by atoms with Gasteiger partial charge in [0.15, 0.2) is 9.84 Å². The standard InChI is InChI=1S/C11H20N2O5S/c1-2-13(9-4-6-19(17,18)8-9)5-3-10(14)12-7-11(15)16/h9H,2-8H2,1H3,(H,12,14)(H,15,16). The van der Waals surface area contributed by atoms with E-state index in [9.17, 15) is 18.0 Å². The van der Waals surface area contributed by atoms with Gasteiger partial charge in [-0.15, -0.1) is 0 Å². The zero-order chi connectivity index (χ0) is 14.5. The summed E-state index contributed by atoms with van der Waals surface area (Å²) in [5.41, 5.74) is 0. The number of sulfone groups is 1. The predicted molar refractivity (Wildman–Crippen MR) is 69.6 cm³/mol. The third-order valence-electron chi connectivity index (χ3n) is 3.19. The molecule has 1 atom stereocenters. The largest absolute Gasteiger partial charge is 0.480 e. The van der Waals surface area contributed by atoms with Gasteiger partial charge in [-0.05, 0) is 13.0 Å². The van der Waals surface area contributed by atoms with Crippen LogP contribution in [-0.2, 0) is 19.4 Å². The van der Waals surface area contributed by atoms with Gasteiger partial charge in [-0.25, -0.2) is 8.42 Å². The number of nitrogens with one attached hydrogen (secondary N) is 1. The summed E-state index contributed by atoms with van der Waals surface area (Å²) >= 11 is 0. The van der Waals surface area contributed by atoms with E-state index < -0.39 is 15.8 Å². The monoisotopic (exact) mass is 292 g/mol. The van der Waals surface area contributed by atoms with Crippen LogP contribution in [0.4, 0.5) is 0 Å². The van der Waals surface area contributed by atoms with E-state index in [1.165, 1.54) is 0 Å². The Morgan fingerprint density at radius 1 is 1.42 bits per heavy atom.